The van der Waals surface area contributed by atoms with Crippen LogP contribution in [0.25, 0.3) is 10.4 Å². The molecule has 0 aliphatic heterocycles. The van der Waals surface area contributed by atoms with Gasteiger partial charge in [-0.2, -0.15) is 0 Å². The lowest BCUT2D eigenvalue weighted by atomic mass is 10.1. The highest BCUT2D eigenvalue weighted by atomic mass is 15.1. The van der Waals surface area contributed by atoms with Crippen LogP contribution in [0.3, 0.4) is 0 Å². The van der Waals surface area contributed by atoms with Crippen LogP contribution >= 0.6 is 0 Å². The number of benzene rings is 2. The number of hydrogen-bond donors (Lipinski definition) is 1. The maximum atomic E-state index is 8.36. The Morgan fingerprint density at radius 2 is 1.50 bits per heavy atom. The number of anilines is 1. The Labute approximate surface area is 118 Å². The van der Waals surface area contributed by atoms with Crippen LogP contribution in [0.5, 0.6) is 0 Å². The summed E-state index contributed by atoms with van der Waals surface area (Å²) in [5.74, 6) is 0. The van der Waals surface area contributed by atoms with Gasteiger partial charge in [0.05, 0.1) is 0 Å². The molecule has 0 bridgehead atoms. The topological polar surface area (TPSA) is 78.0 Å². The summed E-state index contributed by atoms with van der Waals surface area (Å²) < 4.78 is 0. The normalized spacial score (nSPS) is 10.3. The van der Waals surface area contributed by atoms with Gasteiger partial charge in [-0.05, 0) is 35.8 Å². The molecule has 20 heavy (non-hydrogen) atoms. The first-order valence-corrected chi connectivity index (χ1v) is 6.34. The molecule has 5 nitrogen and oxygen atoms in total. The van der Waals surface area contributed by atoms with E-state index in [4.69, 9.17) is 11.3 Å². The highest BCUT2D eigenvalue weighted by molar-refractivity contribution is 5.40. The molecule has 5 heteroatoms. The molecule has 2 N–H and O–H groups in total. The van der Waals surface area contributed by atoms with Crippen molar-refractivity contribution in [2.75, 3.05) is 12.8 Å². The first-order valence-electron chi connectivity index (χ1n) is 6.34. The molecule has 0 aromatic heterocycles. The van der Waals surface area contributed by atoms with Gasteiger partial charge in [0.2, 0.25) is 0 Å². The standard InChI is InChI=1S/C15H17N5/c1-20(10-12-2-6-14(16)7-3-12)11-13-4-8-15(9-5-13)18-19-17/h2-9H,10-11,16H2,1H3. The van der Waals surface area contributed by atoms with E-state index in [1.807, 2.05) is 48.5 Å². The third kappa shape index (κ3) is 4.02. The van der Waals surface area contributed by atoms with Crippen molar-refractivity contribution in [3.8, 4) is 0 Å². The average Bonchev–Trinajstić information content (AvgIpc) is 2.44. The smallest absolute Gasteiger partial charge is 0.0375 e. The monoisotopic (exact) mass is 267 g/mol. The van der Waals surface area contributed by atoms with Crippen LogP contribution in [0.15, 0.2) is 53.6 Å². The molecule has 0 aliphatic carbocycles. The van der Waals surface area contributed by atoms with Crippen LogP contribution in [0.2, 0.25) is 0 Å². The Kier molecular flexibility index (Phi) is 4.60. The summed E-state index contributed by atoms with van der Waals surface area (Å²) >= 11 is 0. The molecular formula is C15H17N5. The lowest BCUT2D eigenvalue weighted by Crippen LogP contribution is -2.17. The van der Waals surface area contributed by atoms with Crippen LogP contribution in [0.4, 0.5) is 11.4 Å². The molecule has 0 aliphatic rings. The first-order chi connectivity index (χ1) is 9.67. The molecule has 0 amide bonds. The zero-order valence-electron chi connectivity index (χ0n) is 11.4. The Hall–Kier alpha value is -2.49. The van der Waals surface area contributed by atoms with Gasteiger partial charge in [0.15, 0.2) is 0 Å². The fourth-order valence-electron chi connectivity index (χ4n) is 2.02. The van der Waals surface area contributed by atoms with Gasteiger partial charge in [-0.25, -0.2) is 0 Å². The quantitative estimate of drug-likeness (QED) is 0.386. The molecule has 0 fully saturated rings. The molecule has 102 valence electrons. The summed E-state index contributed by atoms with van der Waals surface area (Å²) in [6.45, 7) is 1.69. The van der Waals surface area contributed by atoms with E-state index >= 15 is 0 Å². The van der Waals surface area contributed by atoms with Gasteiger partial charge in [-0.3, -0.25) is 4.90 Å². The number of nitrogen functional groups attached to an aromatic ring is 1. The molecule has 0 unspecified atom stereocenters. The second-order valence-corrected chi connectivity index (χ2v) is 4.77. The maximum absolute atomic E-state index is 8.36. The van der Waals surface area contributed by atoms with E-state index < -0.39 is 0 Å². The van der Waals surface area contributed by atoms with Gasteiger partial charge >= 0.3 is 0 Å². The fourth-order valence-corrected chi connectivity index (χ4v) is 2.02. The van der Waals surface area contributed by atoms with Crippen molar-refractivity contribution < 1.29 is 0 Å². The van der Waals surface area contributed by atoms with Gasteiger partial charge in [-0.1, -0.05) is 41.5 Å². The zero-order chi connectivity index (χ0) is 14.4. The highest BCUT2D eigenvalue weighted by Crippen LogP contribution is 2.15. The summed E-state index contributed by atoms with van der Waals surface area (Å²) in [6, 6.07) is 15.5. The molecule has 0 spiro atoms. The Morgan fingerprint density at radius 1 is 1.00 bits per heavy atom. The second kappa shape index (κ2) is 6.61. The molecule has 0 heterocycles. The van der Waals surface area contributed by atoms with Crippen molar-refractivity contribution in [2.45, 2.75) is 13.1 Å². The van der Waals surface area contributed by atoms with Crippen molar-refractivity contribution in [3.63, 3.8) is 0 Å². The van der Waals surface area contributed by atoms with E-state index in [9.17, 15) is 0 Å². The minimum absolute atomic E-state index is 0.637. The van der Waals surface area contributed by atoms with E-state index in [-0.39, 0.29) is 0 Å². The van der Waals surface area contributed by atoms with E-state index in [1.54, 1.807) is 0 Å². The SMILES string of the molecule is CN(Cc1ccc(N)cc1)Cc1ccc(N=[N+]=[N-])cc1. The Bertz CT molecular complexity index is 597. The van der Waals surface area contributed by atoms with Crippen molar-refractivity contribution in [2.24, 2.45) is 5.11 Å². The van der Waals surface area contributed by atoms with Gasteiger partial charge in [-0.15, -0.1) is 0 Å². The molecular weight excluding hydrogens is 250 g/mol. The average molecular weight is 267 g/mol. The van der Waals surface area contributed by atoms with Gasteiger partial charge in [0, 0.05) is 29.4 Å². The minimum atomic E-state index is 0.637. The summed E-state index contributed by atoms with van der Waals surface area (Å²) in [6.07, 6.45) is 0. The zero-order valence-corrected chi connectivity index (χ0v) is 11.4. The van der Waals surface area contributed by atoms with Crippen LogP contribution in [0, 0.1) is 0 Å². The molecule has 0 atom stereocenters. The fraction of sp³-hybridized carbons (Fsp3) is 0.200. The molecule has 2 aromatic rings. The molecule has 0 radical (unpaired) electrons. The van der Waals surface area contributed by atoms with Crippen molar-refractivity contribution in [3.05, 3.63) is 70.1 Å². The predicted octanol–water partition coefficient (Wildman–Crippen LogP) is 3.84. The number of hydrogen-bond acceptors (Lipinski definition) is 3. The summed E-state index contributed by atoms with van der Waals surface area (Å²) in [4.78, 5) is 4.98. The highest BCUT2D eigenvalue weighted by Gasteiger charge is 2.02. The van der Waals surface area contributed by atoms with Gasteiger partial charge in [0.1, 0.15) is 0 Å². The minimum Gasteiger partial charge on any atom is -0.399 e. The van der Waals surface area contributed by atoms with E-state index in [0.29, 0.717) is 5.69 Å². The molecule has 0 saturated carbocycles. The van der Waals surface area contributed by atoms with Crippen LogP contribution < -0.4 is 5.73 Å². The lowest BCUT2D eigenvalue weighted by molar-refractivity contribution is 0.319. The van der Waals surface area contributed by atoms with E-state index in [2.05, 4.69) is 22.0 Å². The Morgan fingerprint density at radius 3 is 2.00 bits per heavy atom. The van der Waals surface area contributed by atoms with Crippen molar-refractivity contribution in [1.82, 2.24) is 4.90 Å². The first kappa shape index (κ1) is 13.9. The van der Waals surface area contributed by atoms with Crippen LogP contribution in [-0.4, -0.2) is 11.9 Å². The summed E-state index contributed by atoms with van der Waals surface area (Å²) in [5.41, 5.74) is 17.9. The van der Waals surface area contributed by atoms with E-state index in [0.717, 1.165) is 18.8 Å². The Balaban J connectivity index is 1.95. The maximum Gasteiger partial charge on any atom is 0.0375 e. The number of nitrogens with two attached hydrogens (primary N) is 1. The lowest BCUT2D eigenvalue weighted by Gasteiger charge is -2.17. The third-order valence-corrected chi connectivity index (χ3v) is 2.98. The van der Waals surface area contributed by atoms with Crippen LogP contribution in [0.1, 0.15) is 11.1 Å². The summed E-state index contributed by atoms with van der Waals surface area (Å²) in [7, 11) is 2.07. The van der Waals surface area contributed by atoms with Gasteiger partial charge in [0.25, 0.3) is 0 Å². The molecule has 0 saturated heterocycles. The van der Waals surface area contributed by atoms with Crippen LogP contribution in [-0.2, 0) is 13.1 Å². The largest absolute Gasteiger partial charge is 0.399 e. The predicted molar refractivity (Wildman–Crippen MR) is 81.3 cm³/mol. The third-order valence-electron chi connectivity index (χ3n) is 2.98. The number of nitrogens with zero attached hydrogens (tertiary/aromatic N) is 4. The molecule has 2 aromatic carbocycles. The van der Waals surface area contributed by atoms with Gasteiger partial charge < -0.3 is 5.73 Å². The number of azide groups is 1. The van der Waals surface area contributed by atoms with Crippen molar-refractivity contribution in [1.29, 1.82) is 0 Å². The second-order valence-electron chi connectivity index (χ2n) is 4.77. The molecule has 2 rings (SSSR count). The van der Waals surface area contributed by atoms with Crippen molar-refractivity contribution >= 4 is 11.4 Å². The number of rotatable bonds is 5. The van der Waals surface area contributed by atoms with E-state index in [1.165, 1.54) is 11.1 Å². The summed E-state index contributed by atoms with van der Waals surface area (Å²) in [5, 5.41) is 3.56.